The van der Waals surface area contributed by atoms with Crippen LogP contribution in [0.2, 0.25) is 5.02 Å². The van der Waals surface area contributed by atoms with Crippen LogP contribution in [0.15, 0.2) is 52.4 Å². The van der Waals surface area contributed by atoms with E-state index in [1.54, 1.807) is 0 Å². The fourth-order valence-corrected chi connectivity index (χ4v) is 3.55. The van der Waals surface area contributed by atoms with E-state index in [1.807, 2.05) is 5.32 Å². The van der Waals surface area contributed by atoms with E-state index in [-0.39, 0.29) is 4.90 Å². The second kappa shape index (κ2) is 8.01. The van der Waals surface area contributed by atoms with Gasteiger partial charge in [0.1, 0.15) is 0 Å². The number of sulfone groups is 1. The Morgan fingerprint density at radius 3 is 2.19 bits per heavy atom. The lowest BCUT2D eigenvalue weighted by atomic mass is 10.2. The number of nitrogens with zero attached hydrogens (tertiary/aromatic N) is 1. The van der Waals surface area contributed by atoms with Crippen molar-refractivity contribution in [2.75, 3.05) is 19.4 Å². The van der Waals surface area contributed by atoms with E-state index in [0.717, 1.165) is 12.3 Å². The van der Waals surface area contributed by atoms with Crippen molar-refractivity contribution in [3.63, 3.8) is 0 Å². The predicted molar refractivity (Wildman–Crippen MR) is 95.4 cm³/mol. The highest BCUT2D eigenvalue weighted by Gasteiger charge is 2.28. The molecule has 0 radical (unpaired) electrons. The molecule has 0 heterocycles. The zero-order valence-corrected chi connectivity index (χ0v) is 15.7. The quantitative estimate of drug-likeness (QED) is 0.595. The van der Waals surface area contributed by atoms with Crippen molar-refractivity contribution in [1.82, 2.24) is 4.90 Å². The Hall–Kier alpha value is -2.52. The zero-order valence-electron chi connectivity index (χ0n) is 14.1. The number of hydrogen-bond donors (Lipinski definition) is 1. The standard InChI is InChI=1S/C17H14ClF3N2O3S/c1-23(2)9-14(27(25,26)11-5-3-10(18)4-6-11)17(24)22-13-8-7-12(19)15(20)16(13)21/h3-9H,1-2H3,(H,22,24). The first-order valence-electron chi connectivity index (χ1n) is 7.37. The van der Waals surface area contributed by atoms with Crippen LogP contribution < -0.4 is 5.32 Å². The monoisotopic (exact) mass is 418 g/mol. The molecule has 0 atom stereocenters. The molecule has 0 aliphatic carbocycles. The lowest BCUT2D eigenvalue weighted by Gasteiger charge is -2.14. The molecule has 0 unspecified atom stereocenters. The maximum atomic E-state index is 13.8. The van der Waals surface area contributed by atoms with E-state index in [2.05, 4.69) is 0 Å². The number of nitrogens with one attached hydrogen (secondary N) is 1. The molecule has 0 saturated heterocycles. The van der Waals surface area contributed by atoms with Crippen LogP contribution in [0.25, 0.3) is 0 Å². The van der Waals surface area contributed by atoms with E-state index in [9.17, 15) is 26.4 Å². The molecule has 0 aliphatic rings. The van der Waals surface area contributed by atoms with Crippen LogP contribution >= 0.6 is 11.6 Å². The minimum Gasteiger partial charge on any atom is -0.382 e. The third-order valence-electron chi connectivity index (χ3n) is 3.30. The molecule has 0 spiro atoms. The molecule has 5 nitrogen and oxygen atoms in total. The molecule has 0 fully saturated rings. The third-order valence-corrected chi connectivity index (χ3v) is 5.31. The van der Waals surface area contributed by atoms with Crippen LogP contribution in [0.1, 0.15) is 0 Å². The van der Waals surface area contributed by atoms with E-state index in [1.165, 1.54) is 43.3 Å². The molecular formula is C17H14ClF3N2O3S. The molecule has 0 saturated carbocycles. The highest BCUT2D eigenvalue weighted by atomic mass is 35.5. The first-order valence-corrected chi connectivity index (χ1v) is 9.24. The fraction of sp³-hybridized carbons (Fsp3) is 0.118. The summed E-state index contributed by atoms with van der Waals surface area (Å²) in [6, 6.07) is 6.45. The molecule has 2 aromatic carbocycles. The van der Waals surface area contributed by atoms with Gasteiger partial charge in [0.25, 0.3) is 5.91 Å². The number of anilines is 1. The Bertz CT molecular complexity index is 1010. The lowest BCUT2D eigenvalue weighted by molar-refractivity contribution is -0.112. The maximum Gasteiger partial charge on any atom is 0.269 e. The third kappa shape index (κ3) is 4.61. The first kappa shape index (κ1) is 20.8. The van der Waals surface area contributed by atoms with Gasteiger partial charge in [-0.05, 0) is 36.4 Å². The van der Waals surface area contributed by atoms with Gasteiger partial charge in [-0.25, -0.2) is 21.6 Å². The van der Waals surface area contributed by atoms with Crippen LogP contribution in [0.3, 0.4) is 0 Å². The summed E-state index contributed by atoms with van der Waals surface area (Å²) in [6.07, 6.45) is 1.01. The number of carbonyl (C=O) groups is 1. The van der Waals surface area contributed by atoms with Gasteiger partial charge in [-0.3, -0.25) is 4.79 Å². The smallest absolute Gasteiger partial charge is 0.269 e. The van der Waals surface area contributed by atoms with Gasteiger partial charge in [-0.1, -0.05) is 11.6 Å². The highest BCUT2D eigenvalue weighted by molar-refractivity contribution is 7.96. The van der Waals surface area contributed by atoms with Gasteiger partial charge in [-0.15, -0.1) is 0 Å². The number of amides is 1. The van der Waals surface area contributed by atoms with Crippen molar-refractivity contribution in [2.24, 2.45) is 0 Å². The van der Waals surface area contributed by atoms with Crippen molar-refractivity contribution >= 4 is 33.0 Å². The summed E-state index contributed by atoms with van der Waals surface area (Å²) < 4.78 is 65.7. The molecule has 1 N–H and O–H groups in total. The number of carbonyl (C=O) groups excluding carboxylic acids is 1. The molecule has 10 heteroatoms. The average molecular weight is 419 g/mol. The SMILES string of the molecule is CN(C)C=C(C(=O)Nc1ccc(F)c(F)c1F)S(=O)(=O)c1ccc(Cl)cc1. The summed E-state index contributed by atoms with van der Waals surface area (Å²) in [5, 5.41) is 2.24. The van der Waals surface area contributed by atoms with E-state index >= 15 is 0 Å². The van der Waals surface area contributed by atoms with E-state index in [4.69, 9.17) is 11.6 Å². The molecule has 0 aliphatic heterocycles. The topological polar surface area (TPSA) is 66.5 Å². The van der Waals surface area contributed by atoms with Crippen LogP contribution in [0.5, 0.6) is 0 Å². The van der Waals surface area contributed by atoms with E-state index in [0.29, 0.717) is 11.1 Å². The number of rotatable bonds is 5. The van der Waals surface area contributed by atoms with Crippen LogP contribution in [0.4, 0.5) is 18.9 Å². The number of halogens is 4. The second-order valence-electron chi connectivity index (χ2n) is 5.59. The molecular weight excluding hydrogens is 405 g/mol. The minimum atomic E-state index is -4.30. The largest absolute Gasteiger partial charge is 0.382 e. The second-order valence-corrected chi connectivity index (χ2v) is 7.95. The fourth-order valence-electron chi connectivity index (χ4n) is 2.03. The van der Waals surface area contributed by atoms with Crippen molar-refractivity contribution in [3.8, 4) is 0 Å². The summed E-state index contributed by atoms with van der Waals surface area (Å²) in [6.45, 7) is 0. The molecule has 2 aromatic rings. The Balaban J connectivity index is 2.47. The van der Waals surface area contributed by atoms with Crippen molar-refractivity contribution in [1.29, 1.82) is 0 Å². The van der Waals surface area contributed by atoms with Gasteiger partial charge in [0.05, 0.1) is 10.6 Å². The van der Waals surface area contributed by atoms with Crippen LogP contribution in [0, 0.1) is 17.5 Å². The Morgan fingerprint density at radius 2 is 1.63 bits per heavy atom. The molecule has 2 rings (SSSR count). The molecule has 0 aromatic heterocycles. The van der Waals surface area contributed by atoms with Crippen LogP contribution in [-0.2, 0) is 14.6 Å². The summed E-state index contributed by atoms with van der Waals surface area (Å²) >= 11 is 5.74. The zero-order chi connectivity index (χ0) is 20.4. The minimum absolute atomic E-state index is 0.221. The van der Waals surface area contributed by atoms with Crippen molar-refractivity contribution in [2.45, 2.75) is 4.90 Å². The van der Waals surface area contributed by atoms with Crippen molar-refractivity contribution in [3.05, 3.63) is 70.0 Å². The number of hydrogen-bond acceptors (Lipinski definition) is 4. The normalized spacial score (nSPS) is 12.0. The maximum absolute atomic E-state index is 13.8. The van der Waals surface area contributed by atoms with Gasteiger partial charge in [0.2, 0.25) is 9.84 Å². The summed E-state index contributed by atoms with van der Waals surface area (Å²) in [5.74, 6) is -6.09. The first-order chi connectivity index (χ1) is 12.5. The van der Waals surface area contributed by atoms with Gasteiger partial charge < -0.3 is 10.2 Å². The Morgan fingerprint density at radius 1 is 1.04 bits per heavy atom. The van der Waals surface area contributed by atoms with E-state index < -0.39 is 43.8 Å². The number of benzene rings is 2. The van der Waals surface area contributed by atoms with Crippen LogP contribution in [-0.4, -0.2) is 33.3 Å². The molecule has 0 bridgehead atoms. The summed E-state index contributed by atoms with van der Waals surface area (Å²) in [5.41, 5.74) is -0.699. The van der Waals surface area contributed by atoms with Gasteiger partial charge in [0, 0.05) is 25.3 Å². The van der Waals surface area contributed by atoms with Crippen molar-refractivity contribution < 1.29 is 26.4 Å². The molecule has 27 heavy (non-hydrogen) atoms. The van der Waals surface area contributed by atoms with Gasteiger partial charge in [0.15, 0.2) is 22.4 Å². The Kier molecular flexibility index (Phi) is 6.17. The summed E-state index contributed by atoms with van der Waals surface area (Å²) in [7, 11) is -1.35. The van der Waals surface area contributed by atoms with Gasteiger partial charge >= 0.3 is 0 Å². The predicted octanol–water partition coefficient (Wildman–Crippen LogP) is 3.57. The Labute approximate surface area is 159 Å². The molecule has 144 valence electrons. The average Bonchev–Trinajstić information content (AvgIpc) is 2.60. The van der Waals surface area contributed by atoms with Gasteiger partial charge in [-0.2, -0.15) is 0 Å². The summed E-state index contributed by atoms with van der Waals surface area (Å²) in [4.78, 5) is 12.8. The molecule has 1 amide bonds. The lowest BCUT2D eigenvalue weighted by Crippen LogP contribution is -2.24. The highest BCUT2D eigenvalue weighted by Crippen LogP contribution is 2.25.